The molecule has 3 nitrogen and oxygen atoms in total. The Hall–Kier alpha value is -2.07. The molecule has 0 unspecified atom stereocenters. The van der Waals surface area contributed by atoms with E-state index in [4.69, 9.17) is 11.6 Å². The van der Waals surface area contributed by atoms with Crippen LogP contribution >= 0.6 is 11.6 Å². The number of benzene rings is 2. The van der Waals surface area contributed by atoms with Crippen LogP contribution in [0, 0.1) is 12.7 Å². The molecule has 110 valence electrons. The summed E-state index contributed by atoms with van der Waals surface area (Å²) >= 11 is 5.82. The first kappa shape index (κ1) is 15.3. The van der Waals surface area contributed by atoms with Gasteiger partial charge in [-0.1, -0.05) is 17.7 Å². The Labute approximate surface area is 128 Å². The van der Waals surface area contributed by atoms with Gasteiger partial charge < -0.3 is 10.6 Å². The van der Waals surface area contributed by atoms with E-state index in [2.05, 4.69) is 10.6 Å². The smallest absolute Gasteiger partial charge is 0.221 e. The maximum Gasteiger partial charge on any atom is 0.221 e. The molecule has 2 rings (SSSR count). The number of halogens is 2. The number of carbonyl (C=O) groups is 1. The van der Waals surface area contributed by atoms with E-state index in [-0.39, 0.29) is 11.7 Å². The third-order valence-corrected chi connectivity index (χ3v) is 3.19. The summed E-state index contributed by atoms with van der Waals surface area (Å²) < 4.78 is 13.3. The second-order valence-electron chi connectivity index (χ2n) is 4.84. The van der Waals surface area contributed by atoms with Crippen LogP contribution in [-0.4, -0.2) is 5.91 Å². The second-order valence-corrected chi connectivity index (χ2v) is 5.28. The highest BCUT2D eigenvalue weighted by Gasteiger charge is 2.03. The minimum atomic E-state index is -0.359. The van der Waals surface area contributed by atoms with Crippen molar-refractivity contribution in [3.05, 3.63) is 58.4 Å². The molecule has 0 atom stereocenters. The third kappa shape index (κ3) is 4.46. The molecule has 2 aromatic rings. The number of hydrogen-bond acceptors (Lipinski definition) is 2. The van der Waals surface area contributed by atoms with Crippen LogP contribution in [0.4, 0.5) is 15.8 Å². The highest BCUT2D eigenvalue weighted by molar-refractivity contribution is 6.30. The van der Waals surface area contributed by atoms with E-state index in [1.54, 1.807) is 6.07 Å². The molecule has 0 aromatic heterocycles. The Morgan fingerprint density at radius 1 is 1.24 bits per heavy atom. The molecular formula is C16H16ClFN2O. The van der Waals surface area contributed by atoms with E-state index >= 15 is 0 Å². The molecule has 2 N–H and O–H groups in total. The SMILES string of the molecule is CC(=O)Nc1cc(NCc2cc(F)cc(Cl)c2)ccc1C. The number of aryl methyl sites for hydroxylation is 1. The van der Waals surface area contributed by atoms with Crippen molar-refractivity contribution in [2.24, 2.45) is 0 Å². The van der Waals surface area contributed by atoms with Gasteiger partial charge in [0.05, 0.1) is 0 Å². The molecule has 0 fully saturated rings. The molecule has 2 aromatic carbocycles. The molecule has 0 aliphatic rings. The van der Waals surface area contributed by atoms with Crippen molar-refractivity contribution in [1.29, 1.82) is 0 Å². The van der Waals surface area contributed by atoms with Crippen LogP contribution in [0.5, 0.6) is 0 Å². The lowest BCUT2D eigenvalue weighted by Gasteiger charge is -2.11. The van der Waals surface area contributed by atoms with Gasteiger partial charge in [-0.15, -0.1) is 0 Å². The maximum atomic E-state index is 13.3. The van der Waals surface area contributed by atoms with Crippen LogP contribution in [0.1, 0.15) is 18.1 Å². The molecular weight excluding hydrogens is 291 g/mol. The molecule has 0 spiro atoms. The molecule has 1 amide bonds. The quantitative estimate of drug-likeness (QED) is 0.881. The van der Waals surface area contributed by atoms with Crippen LogP contribution in [0.15, 0.2) is 36.4 Å². The topological polar surface area (TPSA) is 41.1 Å². The molecule has 0 saturated heterocycles. The van der Waals surface area contributed by atoms with Crippen LogP contribution in [-0.2, 0) is 11.3 Å². The van der Waals surface area contributed by atoms with Crippen LogP contribution in [0.2, 0.25) is 5.02 Å². The zero-order chi connectivity index (χ0) is 15.4. The second kappa shape index (κ2) is 6.59. The Morgan fingerprint density at radius 3 is 2.67 bits per heavy atom. The normalized spacial score (nSPS) is 10.3. The lowest BCUT2D eigenvalue weighted by molar-refractivity contribution is -0.114. The van der Waals surface area contributed by atoms with Crippen LogP contribution in [0.3, 0.4) is 0 Å². The van der Waals surface area contributed by atoms with Gasteiger partial charge in [0.2, 0.25) is 5.91 Å². The van der Waals surface area contributed by atoms with Crippen LogP contribution < -0.4 is 10.6 Å². The first-order valence-corrected chi connectivity index (χ1v) is 6.89. The average molecular weight is 307 g/mol. The summed E-state index contributed by atoms with van der Waals surface area (Å²) in [6.45, 7) is 3.83. The third-order valence-electron chi connectivity index (χ3n) is 2.97. The maximum absolute atomic E-state index is 13.3. The first-order chi connectivity index (χ1) is 9.94. The van der Waals surface area contributed by atoms with Gasteiger partial charge in [0.25, 0.3) is 0 Å². The van der Waals surface area contributed by atoms with E-state index in [9.17, 15) is 9.18 Å². The molecule has 0 heterocycles. The van der Waals surface area contributed by atoms with Crippen molar-refractivity contribution in [3.8, 4) is 0 Å². The van der Waals surface area contributed by atoms with Gasteiger partial charge >= 0.3 is 0 Å². The van der Waals surface area contributed by atoms with Crippen molar-refractivity contribution < 1.29 is 9.18 Å². The monoisotopic (exact) mass is 306 g/mol. The van der Waals surface area contributed by atoms with Gasteiger partial charge in [-0.05, 0) is 48.4 Å². The standard InChI is InChI=1S/C16H16ClFN2O/c1-10-3-4-15(8-16(10)20-11(2)21)19-9-12-5-13(17)7-14(18)6-12/h3-8,19H,9H2,1-2H3,(H,20,21). The van der Waals surface area contributed by atoms with Gasteiger partial charge in [0.15, 0.2) is 0 Å². The van der Waals surface area contributed by atoms with E-state index < -0.39 is 0 Å². The molecule has 0 aliphatic heterocycles. The number of amides is 1. The Morgan fingerprint density at radius 2 is 2.00 bits per heavy atom. The van der Waals surface area contributed by atoms with Crippen molar-refractivity contribution in [3.63, 3.8) is 0 Å². The van der Waals surface area contributed by atoms with Crippen molar-refractivity contribution in [2.75, 3.05) is 10.6 Å². The minimum absolute atomic E-state index is 0.118. The van der Waals surface area contributed by atoms with Gasteiger partial charge in [0.1, 0.15) is 5.82 Å². The Kier molecular flexibility index (Phi) is 4.81. The fraction of sp³-hybridized carbons (Fsp3) is 0.188. The number of carbonyl (C=O) groups excluding carboxylic acids is 1. The van der Waals surface area contributed by atoms with Gasteiger partial charge in [-0.3, -0.25) is 4.79 Å². The number of anilines is 2. The number of rotatable bonds is 4. The summed E-state index contributed by atoms with van der Waals surface area (Å²) in [5.41, 5.74) is 3.32. The van der Waals surface area contributed by atoms with Crippen molar-refractivity contribution >= 4 is 28.9 Å². The predicted molar refractivity (Wildman–Crippen MR) is 84.2 cm³/mol. The van der Waals surface area contributed by atoms with E-state index in [1.807, 2.05) is 25.1 Å². The molecule has 5 heteroatoms. The molecule has 0 aliphatic carbocycles. The Balaban J connectivity index is 2.11. The number of nitrogens with one attached hydrogen (secondary N) is 2. The summed E-state index contributed by atoms with van der Waals surface area (Å²) in [6, 6.07) is 10.1. The average Bonchev–Trinajstić information content (AvgIpc) is 2.38. The van der Waals surface area contributed by atoms with Crippen LogP contribution in [0.25, 0.3) is 0 Å². The van der Waals surface area contributed by atoms with Gasteiger partial charge in [-0.2, -0.15) is 0 Å². The van der Waals surface area contributed by atoms with E-state index in [0.717, 1.165) is 22.5 Å². The Bertz CT molecular complexity index is 653. The highest BCUT2D eigenvalue weighted by Crippen LogP contribution is 2.21. The zero-order valence-electron chi connectivity index (χ0n) is 11.8. The van der Waals surface area contributed by atoms with E-state index in [1.165, 1.54) is 19.1 Å². The summed E-state index contributed by atoms with van der Waals surface area (Å²) in [4.78, 5) is 11.1. The van der Waals surface area contributed by atoms with E-state index in [0.29, 0.717) is 11.6 Å². The molecule has 0 bridgehead atoms. The van der Waals surface area contributed by atoms with Crippen molar-refractivity contribution in [1.82, 2.24) is 0 Å². The summed E-state index contributed by atoms with van der Waals surface area (Å²) in [5, 5.41) is 6.32. The predicted octanol–water partition coefficient (Wildman–Crippen LogP) is 4.36. The summed E-state index contributed by atoms with van der Waals surface area (Å²) in [5.74, 6) is -0.477. The lowest BCUT2D eigenvalue weighted by Crippen LogP contribution is -2.08. The first-order valence-electron chi connectivity index (χ1n) is 6.51. The molecule has 0 saturated carbocycles. The lowest BCUT2D eigenvalue weighted by atomic mass is 10.1. The largest absolute Gasteiger partial charge is 0.381 e. The molecule has 21 heavy (non-hydrogen) atoms. The summed E-state index contributed by atoms with van der Waals surface area (Å²) in [6.07, 6.45) is 0. The van der Waals surface area contributed by atoms with Crippen molar-refractivity contribution in [2.45, 2.75) is 20.4 Å². The molecule has 0 radical (unpaired) electrons. The summed E-state index contributed by atoms with van der Waals surface area (Å²) in [7, 11) is 0. The van der Waals surface area contributed by atoms with Gasteiger partial charge in [0, 0.05) is 29.9 Å². The van der Waals surface area contributed by atoms with Gasteiger partial charge in [-0.25, -0.2) is 4.39 Å². The number of hydrogen-bond donors (Lipinski definition) is 2. The zero-order valence-corrected chi connectivity index (χ0v) is 12.6. The highest BCUT2D eigenvalue weighted by atomic mass is 35.5. The minimum Gasteiger partial charge on any atom is -0.381 e. The fourth-order valence-electron chi connectivity index (χ4n) is 1.97. The fourth-order valence-corrected chi connectivity index (χ4v) is 2.22.